The number of benzene rings is 2. The van der Waals surface area contributed by atoms with Crippen LogP contribution in [-0.2, 0) is 137 Å². The van der Waals surface area contributed by atoms with Crippen LogP contribution in [0.1, 0.15) is 103 Å². The number of carboxylic acid groups (broad SMARTS) is 2. The van der Waals surface area contributed by atoms with Crippen molar-refractivity contribution < 1.29 is 138 Å². The van der Waals surface area contributed by atoms with Crippen LogP contribution in [0.5, 0.6) is 0 Å². The van der Waals surface area contributed by atoms with E-state index in [1.54, 1.807) is 38.1 Å². The molecule has 4 heterocycles. The number of nitrogens with zero attached hydrogens (tertiary/aromatic N) is 3. The van der Waals surface area contributed by atoms with Crippen molar-refractivity contribution in [2.24, 2.45) is 17.4 Å². The van der Waals surface area contributed by atoms with Crippen LogP contribution < -0.4 is 75.3 Å². The van der Waals surface area contributed by atoms with E-state index >= 15 is 4.79 Å². The van der Waals surface area contributed by atoms with E-state index in [0.717, 1.165) is 59.2 Å². The van der Waals surface area contributed by atoms with Gasteiger partial charge in [-0.3, -0.25) is 91.1 Å². The molecule has 4 bridgehead atoms. The number of aromatic amines is 1. The smallest absolute Gasteiger partial charge is 0.305 e. The molecule has 3 aliphatic rings. The minimum absolute atomic E-state index is 0. The summed E-state index contributed by atoms with van der Waals surface area (Å²) >= 11 is 2.81. The fraction of sp³-hybridized carbons (Fsp3) is 0.521. The first kappa shape index (κ1) is 97.6. The molecule has 0 aliphatic carbocycles. The Morgan fingerprint density at radius 1 is 0.538 bits per heavy atom. The molecule has 0 spiro atoms. The Bertz CT molecular complexity index is 4110. The molecule has 11 atom stereocenters. The van der Waals surface area contributed by atoms with Crippen molar-refractivity contribution in [3.05, 3.63) is 85.5 Å². The summed E-state index contributed by atoms with van der Waals surface area (Å²) in [5.74, 6) is -22.5. The van der Waals surface area contributed by atoms with E-state index in [0.29, 0.717) is 22.0 Å². The molecule has 39 nitrogen and oxygen atoms in total. The largest absolute Gasteiger partial charge is 0.481 e. The molecule has 117 heavy (non-hydrogen) atoms. The van der Waals surface area contributed by atoms with Gasteiger partial charge in [-0.05, 0) is 54.5 Å². The summed E-state index contributed by atoms with van der Waals surface area (Å²) in [6.45, 7) is 9.79. The van der Waals surface area contributed by atoms with Crippen LogP contribution in [0, 0.1) is 25.6 Å². The molecule has 3 aromatic rings. The number of nitrogens with one attached hydrogen (secondary N) is 13. The van der Waals surface area contributed by atoms with Crippen LogP contribution in [0.25, 0.3) is 10.9 Å². The van der Waals surface area contributed by atoms with E-state index in [9.17, 15) is 101 Å². The van der Waals surface area contributed by atoms with E-state index in [1.807, 2.05) is 0 Å². The van der Waals surface area contributed by atoms with Gasteiger partial charge in [-0.15, -0.1) is 0 Å². The number of H-pyrrole nitrogens is 1. The number of carbonyl (C=O) groups excluding carboxylic acids is 17. The van der Waals surface area contributed by atoms with Gasteiger partial charge in [-0.25, -0.2) is 4.39 Å². The summed E-state index contributed by atoms with van der Waals surface area (Å²) in [7, 11) is 0. The zero-order chi connectivity index (χ0) is 85.5. The predicted molar refractivity (Wildman–Crippen MR) is 419 cm³/mol. The molecule has 6 rings (SSSR count). The maximum absolute atomic E-state index is 15.2. The maximum Gasteiger partial charge on any atom is 0.305 e. The van der Waals surface area contributed by atoms with Crippen LogP contribution >= 0.6 is 35.3 Å². The van der Waals surface area contributed by atoms with Crippen LogP contribution in [0.15, 0.2) is 54.7 Å². The molecule has 3 aliphatic heterocycles. The van der Waals surface area contributed by atoms with Crippen molar-refractivity contribution in [2.75, 3.05) is 61.1 Å². The van der Waals surface area contributed by atoms with Crippen molar-refractivity contribution >= 4 is 159 Å². The number of carboxylic acids is 2. The summed E-state index contributed by atoms with van der Waals surface area (Å²) < 4.78 is 14.1. The van der Waals surface area contributed by atoms with Crippen molar-refractivity contribution in [1.29, 1.82) is 0 Å². The van der Waals surface area contributed by atoms with E-state index in [4.69, 9.17) is 11.5 Å². The van der Waals surface area contributed by atoms with Gasteiger partial charge in [0.25, 0.3) is 0 Å². The molecule has 3 unspecified atom stereocenters. The van der Waals surface area contributed by atoms with Crippen molar-refractivity contribution in [3.8, 4) is 0 Å². The fourth-order valence-electron chi connectivity index (χ4n) is 12.1. The molecule has 19 N–H and O–H groups in total. The second kappa shape index (κ2) is 48.6. The SMILES string of the molecule is [CH2-]CC1NC(=O)C(Cc2c[nH]c3ccccc23)NC(=O)[C@@H]2CSCCC(=O)N3CN(CN(C3)C(=O)CCSC[C@H](NC(C)=O)C(=O)N[C@@H](CCC(N)=O)C(=O)NC(C[CH2-])C(=O)N[C@@H](CC(C)C)C(=O)N[C@@H](CCC(=O)O)C(=O)N[C@@H](CC(=O)O)C(=O)N2)C(=O)CCSC[C@@H](C(N)=O)NC(=O)[C@H](Cc2ccc(F)cc2)NC(=O)CNC1=O.[Y]. The maximum atomic E-state index is 15.2. The molecule has 1 aromatic heterocycles. The number of rotatable bonds is 18. The van der Waals surface area contributed by atoms with Gasteiger partial charge in [0.15, 0.2) is 0 Å². The van der Waals surface area contributed by atoms with Gasteiger partial charge in [0.2, 0.25) is 100 Å². The zero-order valence-corrected chi connectivity index (χ0v) is 69.9. The number of fused-ring (bicyclic) bond motifs is 8. The third kappa shape index (κ3) is 32.4. The number of aliphatic carboxylic acids is 2. The molecular weight excluding hydrogens is 1670 g/mol. The normalized spacial score (nSPS) is 24.3. The fourth-order valence-corrected chi connectivity index (χ4v) is 15.0. The predicted octanol–water partition coefficient (Wildman–Crippen LogP) is -4.09. The van der Waals surface area contributed by atoms with Crippen LogP contribution in [-0.4, -0.2) is 270 Å². The Balaban J connectivity index is 0.0000244. The van der Waals surface area contributed by atoms with Gasteiger partial charge in [0.05, 0.1) is 45.1 Å². The molecular formula is C73H99FN18O21S3Y-2. The van der Waals surface area contributed by atoms with Crippen molar-refractivity contribution in [2.45, 2.75) is 171 Å². The van der Waals surface area contributed by atoms with Gasteiger partial charge >= 0.3 is 11.9 Å². The standard InChI is InChI=1S/C73H99FN18O21S3.Y/c1-6-44-64(104)78-31-57(95)80-50(27-40-12-14-42(74)15-13-40)69(109)88-53(63(76)103)32-114-23-20-58(96)90-35-91-37-92(36-90)60(98)22-25-116-34-55(73(113)86-51(70(110)81-44)28-41-30-77-46-11-9-8-10-43(41)46)89-71(111)52(29-62(101)102)87-67(107)48(17-19-61(99)100)83-68(108)49(26-38(3)4)85-65(105)45(7-2)82-66(106)47(16-18-56(75)94)84-72(112)54(79-39(5)93)33-115-24-21-59(91)97;/h8-15,30,38,44-45,47-55,77H,1-2,6-7,16-29,31-37H2,3-5H3,(H2,75,94)(H2,76,103)(H,78,104)(H,79,93)(H,80,95)(H,81,110)(H,82,106)(H,83,108)(H,84,112)(H,85,105)(H,86,113)(H,87,107)(H,88,109)(H,89,111)(H,99,100)(H,101,102);/q-2;/t44?,45?,47-,48-,49-,50-,51?,52-,53-,54-,55-;/m0./s1. The summed E-state index contributed by atoms with van der Waals surface area (Å²) in [5, 5.41) is 50.0. The van der Waals surface area contributed by atoms with Crippen molar-refractivity contribution in [3.63, 3.8) is 0 Å². The second-order valence-corrected chi connectivity index (χ2v) is 31.3. The summed E-state index contributed by atoms with van der Waals surface area (Å²) in [6, 6.07) is -6.93. The van der Waals surface area contributed by atoms with E-state index in [-0.39, 0.29) is 93.6 Å². The Kier molecular flexibility index (Phi) is 40.6. The Morgan fingerprint density at radius 2 is 1.01 bits per heavy atom. The Hall–Kier alpha value is -10.0. The number of nitrogens with two attached hydrogens (primary N) is 2. The minimum Gasteiger partial charge on any atom is -0.481 e. The molecule has 3 saturated heterocycles. The topological polar surface area (TPSA) is 587 Å². The number of amides is 17. The average molecular weight is 1770 g/mol. The number of halogens is 1. The van der Waals surface area contributed by atoms with Gasteiger partial charge in [-0.2, -0.15) is 48.1 Å². The Labute approximate surface area is 710 Å². The summed E-state index contributed by atoms with van der Waals surface area (Å²) in [5.41, 5.74) is 12.5. The number of primary amides is 2. The van der Waals surface area contributed by atoms with Gasteiger partial charge in [0.1, 0.15) is 60.2 Å². The van der Waals surface area contributed by atoms with E-state index < -0.39 is 274 Å². The summed E-state index contributed by atoms with van der Waals surface area (Å²) in [6.07, 6.45) is -5.04. The van der Waals surface area contributed by atoms with Crippen LogP contribution in [0.4, 0.5) is 4.39 Å². The van der Waals surface area contributed by atoms with Gasteiger partial charge < -0.3 is 119 Å². The van der Waals surface area contributed by atoms with Crippen LogP contribution in [0.2, 0.25) is 0 Å². The first-order valence-electron chi connectivity index (χ1n) is 37.1. The quantitative estimate of drug-likeness (QED) is 0.0539. The molecule has 1 radical (unpaired) electrons. The summed E-state index contributed by atoms with van der Waals surface area (Å²) in [4.78, 5) is 271. The molecule has 44 heteroatoms. The number of aromatic nitrogens is 1. The number of hydrogen-bond donors (Lipinski definition) is 17. The first-order chi connectivity index (χ1) is 55.0. The van der Waals surface area contributed by atoms with E-state index in [2.05, 4.69) is 82.6 Å². The first-order valence-corrected chi connectivity index (χ1v) is 40.5. The third-order valence-electron chi connectivity index (χ3n) is 18.3. The second-order valence-electron chi connectivity index (χ2n) is 27.9. The van der Waals surface area contributed by atoms with Gasteiger partial charge in [-0.1, -0.05) is 44.2 Å². The molecule has 0 saturated carbocycles. The minimum atomic E-state index is -2.19. The molecule has 637 valence electrons. The zero-order valence-electron chi connectivity index (χ0n) is 64.6. The average Bonchev–Trinajstić information content (AvgIpc) is 1.74. The third-order valence-corrected chi connectivity index (χ3v) is 21.4. The van der Waals surface area contributed by atoms with Gasteiger partial charge in [0, 0.05) is 136 Å². The number of para-hydroxylation sites is 1. The molecule has 17 amide bonds. The number of hydrogen-bond acceptors (Lipinski definition) is 22. The number of carbonyl (C=O) groups is 19. The van der Waals surface area contributed by atoms with E-state index in [1.165, 1.54) is 28.1 Å². The van der Waals surface area contributed by atoms with Crippen molar-refractivity contribution in [1.82, 2.24) is 83.5 Å². The monoisotopic (exact) mass is 1770 g/mol. The molecule has 3 fully saturated rings. The Morgan fingerprint density at radius 3 is 1.56 bits per heavy atom. The molecule has 2 aromatic carbocycles. The van der Waals surface area contributed by atoms with Crippen LogP contribution in [0.3, 0.4) is 0 Å². The number of thioether (sulfide) groups is 3.